The zero-order valence-corrected chi connectivity index (χ0v) is 13.5. The molecule has 1 N–H and O–H groups in total. The Hall–Kier alpha value is -1.06. The Morgan fingerprint density at radius 3 is 2.05 bits per heavy atom. The predicted octanol–water partition coefficient (Wildman–Crippen LogP) is 2.04. The number of rotatable bonds is 3. The Bertz CT molecular complexity index is 415. The van der Waals surface area contributed by atoms with Gasteiger partial charge in [0.1, 0.15) is 0 Å². The van der Waals surface area contributed by atoms with Gasteiger partial charge >= 0.3 is 0 Å². The lowest BCUT2D eigenvalue weighted by molar-refractivity contribution is -0.139. The molecule has 118 valence electrons. The van der Waals surface area contributed by atoms with Crippen LogP contribution in [-0.2, 0) is 9.59 Å². The van der Waals surface area contributed by atoms with Crippen molar-refractivity contribution >= 4 is 11.8 Å². The zero-order valence-electron chi connectivity index (χ0n) is 13.5. The van der Waals surface area contributed by atoms with Crippen LogP contribution in [0.5, 0.6) is 0 Å². The van der Waals surface area contributed by atoms with Crippen molar-refractivity contribution in [3.63, 3.8) is 0 Å². The second-order valence-electron chi connectivity index (χ2n) is 7.87. The summed E-state index contributed by atoms with van der Waals surface area (Å²) in [6.45, 7) is 8.02. The van der Waals surface area contributed by atoms with Crippen LogP contribution in [0.15, 0.2) is 0 Å². The summed E-state index contributed by atoms with van der Waals surface area (Å²) in [5.74, 6) is 2.88. The minimum absolute atomic E-state index is 0.170. The predicted molar refractivity (Wildman–Crippen MR) is 81.5 cm³/mol. The van der Waals surface area contributed by atoms with E-state index in [4.69, 9.17) is 0 Å². The SMILES string of the molecule is CC1CC(C(=O)N2C[C@H]3CC(C(=O)NC(C)C)C[C@H]3C2)C1. The molecule has 1 saturated heterocycles. The number of hydrogen-bond acceptors (Lipinski definition) is 2. The third-order valence-electron chi connectivity index (χ3n) is 5.59. The number of amides is 2. The normalized spacial score (nSPS) is 38.3. The van der Waals surface area contributed by atoms with Gasteiger partial charge in [0, 0.05) is 31.0 Å². The van der Waals surface area contributed by atoms with Crippen LogP contribution in [0.1, 0.15) is 46.5 Å². The van der Waals surface area contributed by atoms with E-state index < -0.39 is 0 Å². The van der Waals surface area contributed by atoms with Crippen LogP contribution in [0.25, 0.3) is 0 Å². The van der Waals surface area contributed by atoms with Crippen LogP contribution in [0.3, 0.4) is 0 Å². The molecular weight excluding hydrogens is 264 g/mol. The van der Waals surface area contributed by atoms with E-state index >= 15 is 0 Å². The van der Waals surface area contributed by atoms with E-state index in [0.29, 0.717) is 23.7 Å². The standard InChI is InChI=1S/C17H28N2O2/c1-10(2)18-16(20)12-6-14-8-19(9-15(14)7-12)17(21)13-4-11(3)5-13/h10-15H,4-9H2,1-3H3,(H,18,20)/t11?,12?,13?,14-,15+. The van der Waals surface area contributed by atoms with Gasteiger partial charge in [-0.15, -0.1) is 0 Å². The summed E-state index contributed by atoms with van der Waals surface area (Å²) in [7, 11) is 0. The first kappa shape index (κ1) is 14.9. The lowest BCUT2D eigenvalue weighted by atomic mass is 9.75. The first-order chi connectivity index (χ1) is 9.94. The molecule has 2 amide bonds. The highest BCUT2D eigenvalue weighted by Gasteiger charge is 2.46. The first-order valence-corrected chi connectivity index (χ1v) is 8.53. The average Bonchev–Trinajstić information content (AvgIpc) is 2.91. The number of hydrogen-bond donors (Lipinski definition) is 1. The zero-order chi connectivity index (χ0) is 15.1. The van der Waals surface area contributed by atoms with Gasteiger partial charge < -0.3 is 10.2 Å². The number of nitrogens with one attached hydrogen (secondary N) is 1. The molecular formula is C17H28N2O2. The summed E-state index contributed by atoms with van der Waals surface area (Å²) >= 11 is 0. The van der Waals surface area contributed by atoms with Crippen molar-refractivity contribution in [2.45, 2.75) is 52.5 Å². The van der Waals surface area contributed by atoms with Gasteiger partial charge in [0.25, 0.3) is 0 Å². The summed E-state index contributed by atoms with van der Waals surface area (Å²) in [5.41, 5.74) is 0. The molecule has 4 nitrogen and oxygen atoms in total. The Morgan fingerprint density at radius 1 is 1.00 bits per heavy atom. The van der Waals surface area contributed by atoms with E-state index in [1.54, 1.807) is 0 Å². The number of likely N-dealkylation sites (tertiary alicyclic amines) is 1. The Balaban J connectivity index is 1.50. The van der Waals surface area contributed by atoms with Crippen LogP contribution in [0.2, 0.25) is 0 Å². The molecule has 3 fully saturated rings. The van der Waals surface area contributed by atoms with Crippen molar-refractivity contribution in [1.82, 2.24) is 10.2 Å². The number of fused-ring (bicyclic) bond motifs is 1. The maximum absolute atomic E-state index is 12.4. The van der Waals surface area contributed by atoms with Crippen molar-refractivity contribution < 1.29 is 9.59 Å². The molecule has 3 aliphatic rings. The molecule has 1 aliphatic heterocycles. The van der Waals surface area contributed by atoms with Crippen molar-refractivity contribution in [2.75, 3.05) is 13.1 Å². The van der Waals surface area contributed by atoms with Gasteiger partial charge in [-0.1, -0.05) is 6.92 Å². The molecule has 0 spiro atoms. The van der Waals surface area contributed by atoms with E-state index in [1.165, 1.54) is 0 Å². The Kier molecular flexibility index (Phi) is 3.98. The van der Waals surface area contributed by atoms with Crippen LogP contribution in [-0.4, -0.2) is 35.8 Å². The largest absolute Gasteiger partial charge is 0.354 e. The third kappa shape index (κ3) is 2.95. The Morgan fingerprint density at radius 2 is 1.57 bits per heavy atom. The minimum atomic E-state index is 0.170. The molecule has 0 bridgehead atoms. The average molecular weight is 292 g/mol. The highest BCUT2D eigenvalue weighted by atomic mass is 16.2. The van der Waals surface area contributed by atoms with Crippen LogP contribution in [0.4, 0.5) is 0 Å². The fourth-order valence-electron chi connectivity index (χ4n) is 4.46. The fraction of sp³-hybridized carbons (Fsp3) is 0.882. The maximum atomic E-state index is 12.4. The van der Waals surface area contributed by atoms with Crippen LogP contribution < -0.4 is 5.32 Å². The van der Waals surface area contributed by atoms with E-state index in [9.17, 15) is 9.59 Å². The second-order valence-corrected chi connectivity index (χ2v) is 7.87. The third-order valence-corrected chi connectivity index (χ3v) is 5.59. The van der Waals surface area contributed by atoms with Crippen molar-refractivity contribution in [3.05, 3.63) is 0 Å². The minimum Gasteiger partial charge on any atom is -0.354 e. The van der Waals surface area contributed by atoms with Crippen molar-refractivity contribution in [2.24, 2.45) is 29.6 Å². The molecule has 1 heterocycles. The second kappa shape index (κ2) is 5.62. The monoisotopic (exact) mass is 292 g/mol. The van der Waals surface area contributed by atoms with E-state index in [2.05, 4.69) is 17.1 Å². The highest BCUT2D eigenvalue weighted by molar-refractivity contribution is 5.81. The summed E-state index contributed by atoms with van der Waals surface area (Å²) < 4.78 is 0. The van der Waals surface area contributed by atoms with Gasteiger partial charge in [0.05, 0.1) is 0 Å². The van der Waals surface area contributed by atoms with Gasteiger partial charge in [0.2, 0.25) is 11.8 Å². The molecule has 4 heteroatoms. The highest BCUT2D eigenvalue weighted by Crippen LogP contribution is 2.43. The summed E-state index contributed by atoms with van der Waals surface area (Å²) in [4.78, 5) is 26.6. The van der Waals surface area contributed by atoms with Gasteiger partial charge in [-0.05, 0) is 57.3 Å². The van der Waals surface area contributed by atoms with Crippen LogP contribution in [0, 0.1) is 29.6 Å². The van der Waals surface area contributed by atoms with Gasteiger partial charge in [0.15, 0.2) is 0 Å². The molecule has 0 aromatic rings. The van der Waals surface area contributed by atoms with Gasteiger partial charge in [-0.2, -0.15) is 0 Å². The molecule has 0 aromatic carbocycles. The summed E-state index contributed by atoms with van der Waals surface area (Å²) in [6.07, 6.45) is 4.08. The molecule has 2 saturated carbocycles. The summed E-state index contributed by atoms with van der Waals surface area (Å²) in [6, 6.07) is 0.219. The quantitative estimate of drug-likeness (QED) is 0.865. The lowest BCUT2D eigenvalue weighted by Gasteiger charge is -2.34. The topological polar surface area (TPSA) is 49.4 Å². The van der Waals surface area contributed by atoms with Crippen molar-refractivity contribution in [3.8, 4) is 0 Å². The van der Waals surface area contributed by atoms with E-state index in [0.717, 1.165) is 44.7 Å². The smallest absolute Gasteiger partial charge is 0.225 e. The maximum Gasteiger partial charge on any atom is 0.225 e. The van der Waals surface area contributed by atoms with E-state index in [1.807, 2.05) is 13.8 Å². The fourth-order valence-corrected chi connectivity index (χ4v) is 4.46. The van der Waals surface area contributed by atoms with Gasteiger partial charge in [-0.25, -0.2) is 0 Å². The van der Waals surface area contributed by atoms with Gasteiger partial charge in [-0.3, -0.25) is 9.59 Å². The Labute approximate surface area is 127 Å². The molecule has 3 atom stereocenters. The molecule has 3 rings (SSSR count). The summed E-state index contributed by atoms with van der Waals surface area (Å²) in [5, 5.41) is 3.03. The molecule has 21 heavy (non-hydrogen) atoms. The number of carbonyl (C=O) groups excluding carboxylic acids is 2. The molecule has 0 aromatic heterocycles. The van der Waals surface area contributed by atoms with E-state index in [-0.39, 0.29) is 17.9 Å². The number of nitrogens with zero attached hydrogens (tertiary/aromatic N) is 1. The van der Waals surface area contributed by atoms with Crippen LogP contribution >= 0.6 is 0 Å². The first-order valence-electron chi connectivity index (χ1n) is 8.53. The number of carbonyl (C=O) groups is 2. The molecule has 2 aliphatic carbocycles. The molecule has 0 radical (unpaired) electrons. The lowest BCUT2D eigenvalue weighted by Crippen LogP contribution is -2.41. The van der Waals surface area contributed by atoms with Crippen molar-refractivity contribution in [1.29, 1.82) is 0 Å². The molecule has 1 unspecified atom stereocenters.